The van der Waals surface area contributed by atoms with E-state index in [1.165, 1.54) is 93.9 Å². The van der Waals surface area contributed by atoms with Crippen LogP contribution in [0.3, 0.4) is 0 Å². The van der Waals surface area contributed by atoms with Crippen molar-refractivity contribution in [2.24, 2.45) is 0 Å². The number of hydrogen-bond donors (Lipinski definition) is 0. The molecule has 0 radical (unpaired) electrons. The van der Waals surface area contributed by atoms with E-state index in [-0.39, 0.29) is 0 Å². The molecule has 1 heteroatoms. The maximum absolute atomic E-state index is 9.55. The molecule has 0 aliphatic heterocycles. The maximum atomic E-state index is 9.55. The van der Waals surface area contributed by atoms with Crippen molar-refractivity contribution >= 4 is 21.5 Å². The zero-order chi connectivity index (χ0) is 34.6. The third kappa shape index (κ3) is 4.78. The Kier molecular flexibility index (Phi) is 6.95. The second-order valence-corrected chi connectivity index (χ2v) is 13.5. The van der Waals surface area contributed by atoms with Crippen molar-refractivity contribution in [1.82, 2.24) is 0 Å². The van der Waals surface area contributed by atoms with E-state index in [1.807, 2.05) is 12.1 Å². The van der Waals surface area contributed by atoms with Gasteiger partial charge in [-0.05, 0) is 130 Å². The van der Waals surface area contributed by atoms with Crippen LogP contribution >= 0.6 is 0 Å². The molecular weight excluding hydrogens is 627 g/mol. The lowest BCUT2D eigenvalue weighted by Gasteiger charge is -2.18. The minimum absolute atomic E-state index is 0.663. The Hall–Kier alpha value is -7.01. The Morgan fingerprint density at radius 2 is 0.692 bits per heavy atom. The van der Waals surface area contributed by atoms with Crippen LogP contribution in [0.1, 0.15) is 5.56 Å². The van der Waals surface area contributed by atoms with Gasteiger partial charge in [-0.1, -0.05) is 158 Å². The fourth-order valence-electron chi connectivity index (χ4n) is 8.25. The summed E-state index contributed by atoms with van der Waals surface area (Å²) in [7, 11) is 0. The van der Waals surface area contributed by atoms with Gasteiger partial charge in [0, 0.05) is 0 Å². The van der Waals surface area contributed by atoms with E-state index in [9.17, 15) is 5.26 Å². The highest BCUT2D eigenvalue weighted by Gasteiger charge is 2.25. The van der Waals surface area contributed by atoms with E-state index >= 15 is 0 Å². The van der Waals surface area contributed by atoms with Crippen molar-refractivity contribution in [2.75, 3.05) is 0 Å². The average Bonchev–Trinajstić information content (AvgIpc) is 3.55. The number of nitrogens with zero attached hydrogens (tertiary/aromatic N) is 1. The minimum atomic E-state index is 0.663. The smallest absolute Gasteiger partial charge is 0.0991 e. The molecule has 9 aromatic rings. The van der Waals surface area contributed by atoms with E-state index in [2.05, 4.69) is 182 Å². The summed E-state index contributed by atoms with van der Waals surface area (Å²) in [6, 6.07) is 70.0. The average molecular weight is 658 g/mol. The third-order valence-corrected chi connectivity index (χ3v) is 10.7. The van der Waals surface area contributed by atoms with Crippen LogP contribution < -0.4 is 0 Å². The van der Waals surface area contributed by atoms with Crippen LogP contribution in [-0.4, -0.2) is 0 Å². The van der Waals surface area contributed by atoms with E-state index in [0.29, 0.717) is 5.56 Å². The maximum Gasteiger partial charge on any atom is 0.0991 e. The molecule has 1 nitrogen and oxygen atoms in total. The molecule has 0 aromatic heterocycles. The molecular formula is C51H31N. The first-order valence-electron chi connectivity index (χ1n) is 17.7. The Morgan fingerprint density at radius 3 is 1.27 bits per heavy atom. The molecule has 0 spiro atoms. The van der Waals surface area contributed by atoms with Crippen LogP contribution in [0.15, 0.2) is 188 Å². The molecule has 0 fully saturated rings. The summed E-state index contributed by atoms with van der Waals surface area (Å²) in [5, 5.41) is 14.5. The SMILES string of the molecule is N#Cc1ccc(-c2ccc3c4c(ccc(-c5ccc(-c6cc(-c7ccccc7)cc(-c7ccccc7)c6)c6ccccc56)c24)-c2ccccc2-3)cc1. The molecule has 52 heavy (non-hydrogen) atoms. The second kappa shape index (κ2) is 12.1. The van der Waals surface area contributed by atoms with Crippen molar-refractivity contribution in [2.45, 2.75) is 0 Å². The standard InChI is InChI=1S/C51H31N/c52-32-33-19-21-36(22-20-33)41-24-26-47-44-17-9-10-18-45(44)48-27-28-49(50(41)51(47)48)46-25-23-40(42-15-7-8-16-43(42)46)39-30-37(34-11-3-1-4-12-34)29-38(31-39)35-13-5-2-6-14-35/h1-31H. The number of benzene rings is 9. The highest BCUT2D eigenvalue weighted by Crippen LogP contribution is 2.52. The van der Waals surface area contributed by atoms with Gasteiger partial charge in [0.15, 0.2) is 0 Å². The molecule has 0 atom stereocenters. The minimum Gasteiger partial charge on any atom is -0.192 e. The van der Waals surface area contributed by atoms with E-state index in [4.69, 9.17) is 0 Å². The van der Waals surface area contributed by atoms with Gasteiger partial charge < -0.3 is 0 Å². The Balaban J connectivity index is 1.23. The van der Waals surface area contributed by atoms with Crippen molar-refractivity contribution in [1.29, 1.82) is 5.26 Å². The molecule has 0 unspecified atom stereocenters. The van der Waals surface area contributed by atoms with Crippen LogP contribution in [0.2, 0.25) is 0 Å². The second-order valence-electron chi connectivity index (χ2n) is 13.5. The van der Waals surface area contributed by atoms with Gasteiger partial charge in [-0.25, -0.2) is 0 Å². The molecule has 0 saturated carbocycles. The highest BCUT2D eigenvalue weighted by molar-refractivity contribution is 6.24. The molecule has 0 saturated heterocycles. The van der Waals surface area contributed by atoms with Gasteiger partial charge in [-0.2, -0.15) is 5.26 Å². The Bertz CT molecular complexity index is 2790. The van der Waals surface area contributed by atoms with Gasteiger partial charge in [-0.3, -0.25) is 0 Å². The van der Waals surface area contributed by atoms with Crippen molar-refractivity contribution in [3.63, 3.8) is 0 Å². The van der Waals surface area contributed by atoms with Gasteiger partial charge in [0.05, 0.1) is 11.6 Å². The van der Waals surface area contributed by atoms with Crippen molar-refractivity contribution < 1.29 is 0 Å². The summed E-state index contributed by atoms with van der Waals surface area (Å²) in [6.07, 6.45) is 0. The molecule has 10 rings (SSSR count). The van der Waals surface area contributed by atoms with Crippen molar-refractivity contribution in [3.05, 3.63) is 194 Å². The van der Waals surface area contributed by atoms with Crippen LogP contribution in [0.25, 0.3) is 99.4 Å². The first kappa shape index (κ1) is 29.9. The lowest BCUT2D eigenvalue weighted by Crippen LogP contribution is -1.91. The van der Waals surface area contributed by atoms with Crippen LogP contribution in [-0.2, 0) is 0 Å². The van der Waals surface area contributed by atoms with Gasteiger partial charge in [0.2, 0.25) is 0 Å². The zero-order valence-electron chi connectivity index (χ0n) is 28.3. The third-order valence-electron chi connectivity index (χ3n) is 10.7. The lowest BCUT2D eigenvalue weighted by atomic mass is 9.85. The first-order valence-corrected chi connectivity index (χ1v) is 17.7. The van der Waals surface area contributed by atoms with Crippen LogP contribution in [0, 0.1) is 11.3 Å². The van der Waals surface area contributed by atoms with E-state index in [0.717, 1.165) is 5.56 Å². The van der Waals surface area contributed by atoms with Crippen molar-refractivity contribution in [3.8, 4) is 84.0 Å². The monoisotopic (exact) mass is 657 g/mol. The number of nitriles is 1. The number of hydrogen-bond acceptors (Lipinski definition) is 1. The summed E-state index contributed by atoms with van der Waals surface area (Å²) >= 11 is 0. The quantitative estimate of drug-likeness (QED) is 0.181. The Labute approximate surface area is 303 Å². The Morgan fingerprint density at radius 1 is 0.269 bits per heavy atom. The molecule has 0 heterocycles. The molecule has 9 aromatic carbocycles. The van der Waals surface area contributed by atoms with Gasteiger partial charge in [-0.15, -0.1) is 0 Å². The van der Waals surface area contributed by atoms with Crippen LogP contribution in [0.5, 0.6) is 0 Å². The van der Waals surface area contributed by atoms with E-state index in [1.54, 1.807) is 0 Å². The lowest BCUT2D eigenvalue weighted by molar-refractivity contribution is 1.48. The van der Waals surface area contributed by atoms with Gasteiger partial charge in [0.25, 0.3) is 0 Å². The summed E-state index contributed by atoms with van der Waals surface area (Å²) in [5.74, 6) is 0. The molecule has 1 aliphatic rings. The normalized spacial score (nSPS) is 11.4. The highest BCUT2D eigenvalue weighted by atomic mass is 14.3. The summed E-state index contributed by atoms with van der Waals surface area (Å²) in [4.78, 5) is 0. The molecule has 0 N–H and O–H groups in total. The first-order chi connectivity index (χ1) is 25.7. The predicted molar refractivity (Wildman–Crippen MR) is 218 cm³/mol. The summed E-state index contributed by atoms with van der Waals surface area (Å²) < 4.78 is 0. The molecule has 240 valence electrons. The topological polar surface area (TPSA) is 23.8 Å². The molecule has 0 bridgehead atoms. The fraction of sp³-hybridized carbons (Fsp3) is 0. The van der Waals surface area contributed by atoms with Crippen LogP contribution in [0.4, 0.5) is 0 Å². The summed E-state index contributed by atoms with van der Waals surface area (Å²) in [5.41, 5.74) is 17.6. The van der Waals surface area contributed by atoms with E-state index < -0.39 is 0 Å². The van der Waals surface area contributed by atoms with Gasteiger partial charge in [0.1, 0.15) is 0 Å². The van der Waals surface area contributed by atoms with Gasteiger partial charge >= 0.3 is 0 Å². The fourth-order valence-corrected chi connectivity index (χ4v) is 8.25. The predicted octanol–water partition coefficient (Wildman–Crippen LogP) is 13.8. The number of fused-ring (bicyclic) bond motifs is 4. The largest absolute Gasteiger partial charge is 0.192 e. The summed E-state index contributed by atoms with van der Waals surface area (Å²) in [6.45, 7) is 0. The molecule has 0 amide bonds. The molecule has 1 aliphatic carbocycles. The number of rotatable bonds is 5. The zero-order valence-corrected chi connectivity index (χ0v) is 28.3.